The minimum atomic E-state index is -0.650. The fourth-order valence-electron chi connectivity index (χ4n) is 0.959. The summed E-state index contributed by atoms with van der Waals surface area (Å²) in [5.41, 5.74) is 2.45. The van der Waals surface area contributed by atoms with Gasteiger partial charge in [0.2, 0.25) is 0 Å². The van der Waals surface area contributed by atoms with Gasteiger partial charge >= 0.3 is 0 Å². The first kappa shape index (κ1) is 9.56. The molecule has 0 saturated heterocycles. The van der Waals surface area contributed by atoms with Crippen molar-refractivity contribution in [1.82, 2.24) is 5.43 Å². The van der Waals surface area contributed by atoms with E-state index in [1.807, 2.05) is 0 Å². The van der Waals surface area contributed by atoms with Crippen molar-refractivity contribution in [3.05, 3.63) is 39.7 Å². The molecule has 0 saturated carbocycles. The van der Waals surface area contributed by atoms with Gasteiger partial charge in [-0.3, -0.25) is 21.4 Å². The minimum absolute atomic E-state index is 0.193. The monoisotopic (exact) mass is 185 g/mol. The van der Waals surface area contributed by atoms with Gasteiger partial charge in [-0.2, -0.15) is 0 Å². The van der Waals surface area contributed by atoms with Gasteiger partial charge < -0.3 is 0 Å². The van der Waals surface area contributed by atoms with Crippen LogP contribution in [0.1, 0.15) is 5.56 Å². The number of hydrazine groups is 1. The third-order valence-corrected chi connectivity index (χ3v) is 1.46. The maximum Gasteiger partial charge on any atom is 0.272 e. The van der Waals surface area contributed by atoms with Crippen molar-refractivity contribution in [1.29, 1.82) is 0 Å². The Labute approximate surface area is 73.5 Å². The van der Waals surface area contributed by atoms with Crippen LogP contribution in [0, 0.1) is 15.9 Å². The molecule has 0 spiro atoms. The largest absolute Gasteiger partial charge is 0.272 e. The summed E-state index contributed by atoms with van der Waals surface area (Å²) in [6.45, 7) is 0.193. The molecule has 0 unspecified atom stereocenters. The first-order valence-corrected chi connectivity index (χ1v) is 3.51. The Morgan fingerprint density at radius 2 is 2.23 bits per heavy atom. The maximum atomic E-state index is 12.7. The number of nitrogens with zero attached hydrogens (tertiary/aromatic N) is 1. The third-order valence-electron chi connectivity index (χ3n) is 1.46. The Kier molecular flexibility index (Phi) is 2.88. The Morgan fingerprint density at radius 3 is 2.77 bits per heavy atom. The topological polar surface area (TPSA) is 81.2 Å². The molecule has 5 nitrogen and oxygen atoms in total. The van der Waals surface area contributed by atoms with Crippen molar-refractivity contribution in [3.63, 3.8) is 0 Å². The van der Waals surface area contributed by atoms with Gasteiger partial charge in [0.15, 0.2) is 0 Å². The van der Waals surface area contributed by atoms with E-state index in [-0.39, 0.29) is 12.2 Å². The summed E-state index contributed by atoms with van der Waals surface area (Å²) in [5.74, 6) is 4.36. The maximum absolute atomic E-state index is 12.7. The van der Waals surface area contributed by atoms with Crippen LogP contribution in [0.25, 0.3) is 0 Å². The minimum Gasteiger partial charge on any atom is -0.271 e. The van der Waals surface area contributed by atoms with Gasteiger partial charge in [-0.05, 0) is 11.6 Å². The summed E-state index contributed by atoms with van der Waals surface area (Å²) in [5, 5.41) is 10.3. The molecule has 1 aromatic carbocycles. The first-order chi connectivity index (χ1) is 6.13. The summed E-state index contributed by atoms with van der Waals surface area (Å²) >= 11 is 0. The number of halogens is 1. The number of nitro groups is 1. The average molecular weight is 185 g/mol. The summed E-state index contributed by atoms with van der Waals surface area (Å²) in [7, 11) is 0. The molecule has 0 bridgehead atoms. The highest BCUT2D eigenvalue weighted by atomic mass is 19.1. The highest BCUT2D eigenvalue weighted by Gasteiger charge is 2.08. The van der Waals surface area contributed by atoms with Crippen LogP contribution in [0.3, 0.4) is 0 Å². The lowest BCUT2D eigenvalue weighted by Gasteiger charge is -1.99. The van der Waals surface area contributed by atoms with Crippen molar-refractivity contribution in [2.45, 2.75) is 6.54 Å². The number of hydrogen-bond acceptors (Lipinski definition) is 4. The highest BCUT2D eigenvalue weighted by Crippen LogP contribution is 2.15. The van der Waals surface area contributed by atoms with Crippen LogP contribution >= 0.6 is 0 Å². The molecule has 0 aromatic heterocycles. The van der Waals surface area contributed by atoms with Gasteiger partial charge in [0, 0.05) is 12.6 Å². The van der Waals surface area contributed by atoms with Crippen LogP contribution in [0.4, 0.5) is 10.1 Å². The number of rotatable bonds is 3. The van der Waals surface area contributed by atoms with Crippen LogP contribution < -0.4 is 11.3 Å². The Bertz CT molecular complexity index is 330. The molecule has 0 atom stereocenters. The van der Waals surface area contributed by atoms with Gasteiger partial charge in [0.1, 0.15) is 5.82 Å². The smallest absolute Gasteiger partial charge is 0.271 e. The second kappa shape index (κ2) is 3.92. The molecule has 0 fully saturated rings. The number of nitrogens with two attached hydrogens (primary N) is 1. The van der Waals surface area contributed by atoms with Gasteiger partial charge in [0.05, 0.1) is 11.0 Å². The molecule has 0 amide bonds. The van der Waals surface area contributed by atoms with Gasteiger partial charge in [-0.1, -0.05) is 0 Å². The SMILES string of the molecule is NNCc1cc(F)cc([N+](=O)[O-])c1. The van der Waals surface area contributed by atoms with E-state index in [1.54, 1.807) is 0 Å². The van der Waals surface area contributed by atoms with E-state index in [1.165, 1.54) is 12.1 Å². The number of benzene rings is 1. The van der Waals surface area contributed by atoms with Crippen molar-refractivity contribution in [2.24, 2.45) is 5.84 Å². The molecule has 70 valence electrons. The van der Waals surface area contributed by atoms with Crippen molar-refractivity contribution in [2.75, 3.05) is 0 Å². The lowest BCUT2D eigenvalue weighted by atomic mass is 10.2. The highest BCUT2D eigenvalue weighted by molar-refractivity contribution is 5.35. The quantitative estimate of drug-likeness (QED) is 0.412. The Hall–Kier alpha value is -1.53. The molecule has 0 aliphatic carbocycles. The second-order valence-electron chi connectivity index (χ2n) is 2.46. The molecule has 3 N–H and O–H groups in total. The average Bonchev–Trinajstić information content (AvgIpc) is 2.03. The van der Waals surface area contributed by atoms with E-state index in [9.17, 15) is 14.5 Å². The number of hydrogen-bond donors (Lipinski definition) is 2. The lowest BCUT2D eigenvalue weighted by molar-refractivity contribution is -0.385. The predicted molar refractivity (Wildman–Crippen MR) is 44.1 cm³/mol. The molecule has 0 heterocycles. The van der Waals surface area contributed by atoms with E-state index in [4.69, 9.17) is 5.84 Å². The van der Waals surface area contributed by atoms with E-state index in [0.29, 0.717) is 5.56 Å². The molecule has 13 heavy (non-hydrogen) atoms. The molecule has 6 heteroatoms. The van der Waals surface area contributed by atoms with Crippen LogP contribution in [0.2, 0.25) is 0 Å². The van der Waals surface area contributed by atoms with Crippen LogP contribution in [0.5, 0.6) is 0 Å². The fraction of sp³-hybridized carbons (Fsp3) is 0.143. The van der Waals surface area contributed by atoms with E-state index < -0.39 is 10.7 Å². The standard InChI is InChI=1S/C7H8FN3O2/c8-6-1-5(4-10-9)2-7(3-6)11(12)13/h1-3,10H,4,9H2. The number of non-ortho nitro benzene ring substituents is 1. The molecular weight excluding hydrogens is 177 g/mol. The first-order valence-electron chi connectivity index (χ1n) is 3.51. The Balaban J connectivity index is 3.03. The summed E-state index contributed by atoms with van der Waals surface area (Å²) < 4.78 is 12.7. The predicted octanol–water partition coefficient (Wildman–Crippen LogP) is 0.697. The number of nitrogens with one attached hydrogen (secondary N) is 1. The van der Waals surface area contributed by atoms with E-state index in [2.05, 4.69) is 5.43 Å². The molecule has 0 aliphatic rings. The summed E-state index contributed by atoms with van der Waals surface area (Å²) in [6, 6.07) is 3.32. The second-order valence-corrected chi connectivity index (χ2v) is 2.46. The lowest BCUT2D eigenvalue weighted by Crippen LogP contribution is -2.20. The summed E-state index contributed by atoms with van der Waals surface area (Å²) in [6.07, 6.45) is 0. The molecule has 1 aromatic rings. The van der Waals surface area contributed by atoms with Gasteiger partial charge in [-0.15, -0.1) is 0 Å². The molecule has 0 aliphatic heterocycles. The molecule has 1 rings (SSSR count). The normalized spacial score (nSPS) is 10.0. The molecular formula is C7H8FN3O2. The van der Waals surface area contributed by atoms with Crippen LogP contribution in [-0.2, 0) is 6.54 Å². The van der Waals surface area contributed by atoms with Gasteiger partial charge in [0.25, 0.3) is 5.69 Å². The molecule has 0 radical (unpaired) electrons. The van der Waals surface area contributed by atoms with Crippen molar-refractivity contribution in [3.8, 4) is 0 Å². The zero-order valence-electron chi connectivity index (χ0n) is 6.66. The van der Waals surface area contributed by atoms with Crippen molar-refractivity contribution >= 4 is 5.69 Å². The zero-order valence-corrected chi connectivity index (χ0v) is 6.66. The fourth-order valence-corrected chi connectivity index (χ4v) is 0.959. The summed E-state index contributed by atoms with van der Waals surface area (Å²) in [4.78, 5) is 9.65. The van der Waals surface area contributed by atoms with Crippen LogP contribution in [0.15, 0.2) is 18.2 Å². The zero-order chi connectivity index (χ0) is 9.84. The van der Waals surface area contributed by atoms with E-state index in [0.717, 1.165) is 6.07 Å². The van der Waals surface area contributed by atoms with Gasteiger partial charge in [-0.25, -0.2) is 4.39 Å². The van der Waals surface area contributed by atoms with Crippen molar-refractivity contribution < 1.29 is 9.31 Å². The third kappa shape index (κ3) is 2.46. The van der Waals surface area contributed by atoms with E-state index >= 15 is 0 Å². The van der Waals surface area contributed by atoms with Crippen LogP contribution in [-0.4, -0.2) is 4.92 Å². The number of nitro benzene ring substituents is 1. The Morgan fingerprint density at radius 1 is 1.54 bits per heavy atom.